The van der Waals surface area contributed by atoms with Crippen molar-refractivity contribution in [3.63, 3.8) is 0 Å². The van der Waals surface area contributed by atoms with E-state index in [0.717, 1.165) is 16.8 Å². The van der Waals surface area contributed by atoms with Gasteiger partial charge in [-0.3, -0.25) is 14.5 Å². The molecular formula is C15H20N4O. The van der Waals surface area contributed by atoms with Gasteiger partial charge in [0.1, 0.15) is 0 Å². The number of nitrogens with one attached hydrogen (secondary N) is 1. The highest BCUT2D eigenvalue weighted by Gasteiger charge is 2.13. The minimum absolute atomic E-state index is 0.0266. The first kappa shape index (κ1) is 14.2. The van der Waals surface area contributed by atoms with Crippen LogP contribution in [-0.4, -0.2) is 20.7 Å². The molecule has 0 aliphatic rings. The maximum atomic E-state index is 12.0. The van der Waals surface area contributed by atoms with Gasteiger partial charge in [0, 0.05) is 30.8 Å². The zero-order chi connectivity index (χ0) is 14.5. The second kappa shape index (κ2) is 6.32. The molecule has 106 valence electrons. The van der Waals surface area contributed by atoms with Crippen molar-refractivity contribution < 1.29 is 4.79 Å². The van der Waals surface area contributed by atoms with Crippen LogP contribution in [0.15, 0.2) is 30.7 Å². The van der Waals surface area contributed by atoms with Crippen LogP contribution in [0.3, 0.4) is 0 Å². The fourth-order valence-corrected chi connectivity index (χ4v) is 1.93. The van der Waals surface area contributed by atoms with Crippen molar-refractivity contribution in [1.29, 1.82) is 0 Å². The van der Waals surface area contributed by atoms with Crippen LogP contribution in [0.5, 0.6) is 0 Å². The molecule has 0 saturated heterocycles. The molecule has 1 unspecified atom stereocenters. The van der Waals surface area contributed by atoms with Crippen LogP contribution in [-0.2, 0) is 17.9 Å². The molecule has 0 radical (unpaired) electrons. The van der Waals surface area contributed by atoms with Crippen LogP contribution in [0.2, 0.25) is 0 Å². The highest BCUT2D eigenvalue weighted by Crippen LogP contribution is 2.07. The van der Waals surface area contributed by atoms with E-state index in [4.69, 9.17) is 0 Å². The number of aromatic nitrogens is 3. The minimum atomic E-state index is -0.116. The average Bonchev–Trinajstić information content (AvgIpc) is 2.92. The summed E-state index contributed by atoms with van der Waals surface area (Å²) in [7, 11) is 0. The van der Waals surface area contributed by atoms with Gasteiger partial charge >= 0.3 is 0 Å². The Kier molecular flexibility index (Phi) is 4.50. The molecule has 1 atom stereocenters. The van der Waals surface area contributed by atoms with Crippen LogP contribution in [0, 0.1) is 19.8 Å². The molecule has 5 nitrogen and oxygen atoms in total. The fourth-order valence-electron chi connectivity index (χ4n) is 1.93. The number of aryl methyl sites for hydroxylation is 2. The molecule has 2 aromatic rings. The van der Waals surface area contributed by atoms with E-state index in [-0.39, 0.29) is 11.8 Å². The standard InChI is InChI=1S/C15H20N4O/c1-11-7-14(8-16-13(11)3)9-17-15(20)12(2)10-19-6-4-5-18-19/h4-8,12H,9-10H2,1-3H3,(H,17,20). The Labute approximate surface area is 119 Å². The largest absolute Gasteiger partial charge is 0.352 e. The molecule has 0 aliphatic carbocycles. The van der Waals surface area contributed by atoms with Gasteiger partial charge in [-0.1, -0.05) is 13.0 Å². The lowest BCUT2D eigenvalue weighted by atomic mass is 10.1. The zero-order valence-corrected chi connectivity index (χ0v) is 12.1. The number of hydrogen-bond donors (Lipinski definition) is 1. The molecule has 20 heavy (non-hydrogen) atoms. The summed E-state index contributed by atoms with van der Waals surface area (Å²) in [6, 6.07) is 3.91. The van der Waals surface area contributed by atoms with Crippen molar-refractivity contribution in [3.05, 3.63) is 47.5 Å². The van der Waals surface area contributed by atoms with Gasteiger partial charge in [0.05, 0.1) is 12.5 Å². The molecule has 2 heterocycles. The normalized spacial score (nSPS) is 12.2. The van der Waals surface area contributed by atoms with Crippen molar-refractivity contribution in [1.82, 2.24) is 20.1 Å². The summed E-state index contributed by atoms with van der Waals surface area (Å²) in [5.41, 5.74) is 3.18. The number of hydrogen-bond acceptors (Lipinski definition) is 3. The number of carbonyl (C=O) groups is 1. The third-order valence-corrected chi connectivity index (χ3v) is 3.33. The lowest BCUT2D eigenvalue weighted by molar-refractivity contribution is -0.125. The molecule has 2 rings (SSSR count). The zero-order valence-electron chi connectivity index (χ0n) is 12.1. The van der Waals surface area contributed by atoms with Crippen molar-refractivity contribution >= 4 is 5.91 Å². The van der Waals surface area contributed by atoms with Crippen molar-refractivity contribution in [2.24, 2.45) is 5.92 Å². The topological polar surface area (TPSA) is 59.8 Å². The van der Waals surface area contributed by atoms with E-state index in [1.54, 1.807) is 17.1 Å². The van der Waals surface area contributed by atoms with Gasteiger partial charge in [0.15, 0.2) is 0 Å². The van der Waals surface area contributed by atoms with E-state index in [1.807, 2.05) is 33.0 Å². The van der Waals surface area contributed by atoms with Gasteiger partial charge in [-0.25, -0.2) is 0 Å². The lowest BCUT2D eigenvalue weighted by Gasteiger charge is -2.12. The number of carbonyl (C=O) groups excluding carboxylic acids is 1. The van der Waals surface area contributed by atoms with Crippen LogP contribution in [0.4, 0.5) is 0 Å². The molecule has 0 aromatic carbocycles. The molecule has 0 saturated carbocycles. The Hall–Kier alpha value is -2.17. The summed E-state index contributed by atoms with van der Waals surface area (Å²) >= 11 is 0. The number of pyridine rings is 1. The average molecular weight is 272 g/mol. The van der Waals surface area contributed by atoms with Gasteiger partial charge in [-0.05, 0) is 31.0 Å². The monoisotopic (exact) mass is 272 g/mol. The first-order chi connectivity index (χ1) is 9.56. The summed E-state index contributed by atoms with van der Waals surface area (Å²) in [5.74, 6) is -0.0897. The Morgan fingerprint density at radius 3 is 2.90 bits per heavy atom. The summed E-state index contributed by atoms with van der Waals surface area (Å²) < 4.78 is 1.77. The van der Waals surface area contributed by atoms with E-state index >= 15 is 0 Å². The first-order valence-electron chi connectivity index (χ1n) is 6.73. The molecule has 5 heteroatoms. The van der Waals surface area contributed by atoms with E-state index in [1.165, 1.54) is 0 Å². The number of nitrogens with zero attached hydrogens (tertiary/aromatic N) is 3. The Morgan fingerprint density at radius 2 is 2.25 bits per heavy atom. The second-order valence-electron chi connectivity index (χ2n) is 5.09. The lowest BCUT2D eigenvalue weighted by Crippen LogP contribution is -2.31. The van der Waals surface area contributed by atoms with Gasteiger partial charge in [-0.2, -0.15) is 5.10 Å². The maximum absolute atomic E-state index is 12.0. The molecule has 0 bridgehead atoms. The predicted molar refractivity (Wildman–Crippen MR) is 76.9 cm³/mol. The molecule has 0 spiro atoms. The Bertz CT molecular complexity index is 578. The third-order valence-electron chi connectivity index (χ3n) is 3.33. The van der Waals surface area contributed by atoms with E-state index in [0.29, 0.717) is 13.1 Å². The van der Waals surface area contributed by atoms with Crippen molar-refractivity contribution in [3.8, 4) is 0 Å². The van der Waals surface area contributed by atoms with Gasteiger partial charge < -0.3 is 5.32 Å². The number of amides is 1. The molecular weight excluding hydrogens is 252 g/mol. The Balaban J connectivity index is 1.86. The molecule has 0 fully saturated rings. The van der Waals surface area contributed by atoms with Crippen LogP contribution in [0.25, 0.3) is 0 Å². The quantitative estimate of drug-likeness (QED) is 0.903. The molecule has 1 N–H and O–H groups in total. The van der Waals surface area contributed by atoms with Crippen LogP contribution in [0.1, 0.15) is 23.7 Å². The smallest absolute Gasteiger partial charge is 0.224 e. The predicted octanol–water partition coefficient (Wildman–Crippen LogP) is 1.85. The SMILES string of the molecule is Cc1cc(CNC(=O)C(C)Cn2cccn2)cnc1C. The second-order valence-corrected chi connectivity index (χ2v) is 5.09. The van der Waals surface area contributed by atoms with Crippen LogP contribution >= 0.6 is 0 Å². The maximum Gasteiger partial charge on any atom is 0.224 e. The highest BCUT2D eigenvalue weighted by molar-refractivity contribution is 5.78. The highest BCUT2D eigenvalue weighted by atomic mass is 16.1. The van der Waals surface area contributed by atoms with Crippen molar-refractivity contribution in [2.75, 3.05) is 0 Å². The number of rotatable bonds is 5. The molecule has 0 aliphatic heterocycles. The van der Waals surface area contributed by atoms with E-state index in [2.05, 4.69) is 21.5 Å². The summed E-state index contributed by atoms with van der Waals surface area (Å²) in [4.78, 5) is 16.3. The summed E-state index contributed by atoms with van der Waals surface area (Å²) in [6.45, 7) is 6.99. The van der Waals surface area contributed by atoms with Gasteiger partial charge in [0.25, 0.3) is 0 Å². The van der Waals surface area contributed by atoms with Gasteiger partial charge in [0.2, 0.25) is 5.91 Å². The van der Waals surface area contributed by atoms with E-state index in [9.17, 15) is 4.79 Å². The Morgan fingerprint density at radius 1 is 1.45 bits per heavy atom. The first-order valence-corrected chi connectivity index (χ1v) is 6.73. The summed E-state index contributed by atoms with van der Waals surface area (Å²) in [6.07, 6.45) is 5.38. The third kappa shape index (κ3) is 3.66. The molecule has 1 amide bonds. The fraction of sp³-hybridized carbons (Fsp3) is 0.400. The van der Waals surface area contributed by atoms with Crippen molar-refractivity contribution in [2.45, 2.75) is 33.9 Å². The van der Waals surface area contributed by atoms with Crippen LogP contribution < -0.4 is 5.32 Å². The minimum Gasteiger partial charge on any atom is -0.352 e. The van der Waals surface area contributed by atoms with Gasteiger partial charge in [-0.15, -0.1) is 0 Å². The summed E-state index contributed by atoms with van der Waals surface area (Å²) in [5, 5.41) is 7.04. The van der Waals surface area contributed by atoms with E-state index < -0.39 is 0 Å². The molecule has 2 aromatic heterocycles.